The van der Waals surface area contributed by atoms with E-state index in [2.05, 4.69) is 0 Å². The zero-order valence-electron chi connectivity index (χ0n) is 11.6. The van der Waals surface area contributed by atoms with Crippen LogP contribution in [0.1, 0.15) is 41.6 Å². The number of aryl methyl sites for hydroxylation is 1. The van der Waals surface area contributed by atoms with Gasteiger partial charge in [-0.25, -0.2) is 0 Å². The van der Waals surface area contributed by atoms with Gasteiger partial charge < -0.3 is 15.7 Å². The smallest absolute Gasteiger partial charge is 0.323 e. The highest BCUT2D eigenvalue weighted by Crippen LogP contribution is 2.25. The molecule has 1 amide bonds. The second kappa shape index (κ2) is 5.94. The molecule has 0 saturated heterocycles. The standard InChI is InChI=1S/C15H20N2O3/c1-10-6-7-11(8-13(10)16)15(20)17(9-14(18)19)12-4-2-3-5-12/h6-8,12H,2-5,9,16H2,1H3,(H,18,19). The van der Waals surface area contributed by atoms with Crippen LogP contribution in [0.25, 0.3) is 0 Å². The number of rotatable bonds is 4. The second-order valence-corrected chi connectivity index (χ2v) is 5.34. The molecule has 20 heavy (non-hydrogen) atoms. The van der Waals surface area contributed by atoms with E-state index in [1.807, 2.05) is 6.92 Å². The van der Waals surface area contributed by atoms with Crippen LogP contribution in [0.4, 0.5) is 5.69 Å². The van der Waals surface area contributed by atoms with Crippen LogP contribution >= 0.6 is 0 Å². The number of hydrogen-bond donors (Lipinski definition) is 2. The number of hydrogen-bond acceptors (Lipinski definition) is 3. The van der Waals surface area contributed by atoms with Gasteiger partial charge in [0.05, 0.1) is 0 Å². The highest BCUT2D eigenvalue weighted by atomic mass is 16.4. The molecule has 1 aliphatic carbocycles. The highest BCUT2D eigenvalue weighted by molar-refractivity contribution is 5.97. The monoisotopic (exact) mass is 276 g/mol. The lowest BCUT2D eigenvalue weighted by Gasteiger charge is -2.27. The first-order valence-corrected chi connectivity index (χ1v) is 6.88. The number of carbonyl (C=O) groups is 2. The molecule has 0 spiro atoms. The molecular formula is C15H20N2O3. The molecule has 0 bridgehead atoms. The number of carboxylic acid groups (broad SMARTS) is 1. The maximum absolute atomic E-state index is 12.5. The molecule has 5 heteroatoms. The molecule has 1 fully saturated rings. The summed E-state index contributed by atoms with van der Waals surface area (Å²) < 4.78 is 0. The van der Waals surface area contributed by atoms with E-state index in [1.54, 1.807) is 18.2 Å². The molecule has 1 aliphatic rings. The normalized spacial score (nSPS) is 15.2. The first-order valence-electron chi connectivity index (χ1n) is 6.88. The number of carbonyl (C=O) groups excluding carboxylic acids is 1. The van der Waals surface area contributed by atoms with Gasteiger partial charge in [0.25, 0.3) is 5.91 Å². The fraction of sp³-hybridized carbons (Fsp3) is 0.467. The van der Waals surface area contributed by atoms with E-state index in [0.717, 1.165) is 31.2 Å². The minimum absolute atomic E-state index is 0.0288. The van der Waals surface area contributed by atoms with Crippen molar-refractivity contribution in [2.45, 2.75) is 38.6 Å². The van der Waals surface area contributed by atoms with Gasteiger partial charge in [0.1, 0.15) is 6.54 Å². The number of nitrogen functional groups attached to an aromatic ring is 1. The number of carboxylic acids is 1. The van der Waals surface area contributed by atoms with Gasteiger partial charge in [0.15, 0.2) is 0 Å². The van der Waals surface area contributed by atoms with E-state index in [4.69, 9.17) is 10.8 Å². The largest absolute Gasteiger partial charge is 0.480 e. The van der Waals surface area contributed by atoms with Crippen molar-refractivity contribution < 1.29 is 14.7 Å². The number of benzene rings is 1. The summed E-state index contributed by atoms with van der Waals surface area (Å²) in [6.45, 7) is 1.62. The number of nitrogens with two attached hydrogens (primary N) is 1. The van der Waals surface area contributed by atoms with Gasteiger partial charge in [-0.15, -0.1) is 0 Å². The summed E-state index contributed by atoms with van der Waals surface area (Å²) in [5.41, 5.74) is 7.75. The maximum atomic E-state index is 12.5. The maximum Gasteiger partial charge on any atom is 0.323 e. The van der Waals surface area contributed by atoms with Gasteiger partial charge in [-0.3, -0.25) is 9.59 Å². The molecule has 0 aromatic heterocycles. The molecule has 0 heterocycles. The fourth-order valence-electron chi connectivity index (χ4n) is 2.67. The highest BCUT2D eigenvalue weighted by Gasteiger charge is 2.29. The zero-order chi connectivity index (χ0) is 14.7. The third-order valence-corrected chi connectivity index (χ3v) is 3.86. The van der Waals surface area contributed by atoms with E-state index in [0.29, 0.717) is 11.3 Å². The molecule has 1 saturated carbocycles. The first-order chi connectivity index (χ1) is 9.49. The molecule has 108 valence electrons. The Morgan fingerprint density at radius 2 is 2.00 bits per heavy atom. The Labute approximate surface area is 118 Å². The summed E-state index contributed by atoms with van der Waals surface area (Å²) in [4.78, 5) is 25.0. The summed E-state index contributed by atoms with van der Waals surface area (Å²) in [5, 5.41) is 9.02. The number of anilines is 1. The third kappa shape index (κ3) is 3.10. The molecular weight excluding hydrogens is 256 g/mol. The van der Waals surface area contributed by atoms with E-state index in [-0.39, 0.29) is 18.5 Å². The summed E-state index contributed by atoms with van der Waals surface area (Å²) in [5.74, 6) is -1.23. The van der Waals surface area contributed by atoms with Crippen molar-refractivity contribution in [3.05, 3.63) is 29.3 Å². The lowest BCUT2D eigenvalue weighted by Crippen LogP contribution is -2.42. The third-order valence-electron chi connectivity index (χ3n) is 3.86. The van der Waals surface area contributed by atoms with Crippen molar-refractivity contribution in [2.24, 2.45) is 0 Å². The van der Waals surface area contributed by atoms with Crippen LogP contribution in [0.5, 0.6) is 0 Å². The predicted octanol–water partition coefficient (Wildman–Crippen LogP) is 2.05. The van der Waals surface area contributed by atoms with Gasteiger partial charge in [-0.1, -0.05) is 18.9 Å². The Balaban J connectivity index is 2.24. The Morgan fingerprint density at radius 1 is 1.35 bits per heavy atom. The van der Waals surface area contributed by atoms with Crippen molar-refractivity contribution >= 4 is 17.6 Å². The summed E-state index contributed by atoms with van der Waals surface area (Å²) in [7, 11) is 0. The Morgan fingerprint density at radius 3 is 2.55 bits per heavy atom. The molecule has 0 radical (unpaired) electrons. The molecule has 0 aliphatic heterocycles. The van der Waals surface area contributed by atoms with Gasteiger partial charge >= 0.3 is 5.97 Å². The molecule has 0 atom stereocenters. The minimum Gasteiger partial charge on any atom is -0.480 e. The fourth-order valence-corrected chi connectivity index (χ4v) is 2.67. The summed E-state index contributed by atoms with van der Waals surface area (Å²) in [6, 6.07) is 5.15. The first kappa shape index (κ1) is 14.4. The number of aliphatic carboxylic acids is 1. The minimum atomic E-state index is -0.981. The molecule has 2 rings (SSSR count). The number of nitrogens with zero attached hydrogens (tertiary/aromatic N) is 1. The lowest BCUT2D eigenvalue weighted by molar-refractivity contribution is -0.138. The summed E-state index contributed by atoms with van der Waals surface area (Å²) >= 11 is 0. The summed E-state index contributed by atoms with van der Waals surface area (Å²) in [6.07, 6.45) is 3.84. The SMILES string of the molecule is Cc1ccc(C(=O)N(CC(=O)O)C2CCCC2)cc1N. The van der Waals surface area contributed by atoms with Crippen molar-refractivity contribution in [1.29, 1.82) is 0 Å². The topological polar surface area (TPSA) is 83.6 Å². The van der Waals surface area contributed by atoms with Gasteiger partial charge in [0, 0.05) is 17.3 Å². The molecule has 5 nitrogen and oxygen atoms in total. The van der Waals surface area contributed by atoms with Crippen LogP contribution in [0, 0.1) is 6.92 Å². The van der Waals surface area contributed by atoms with Crippen LogP contribution in [0.2, 0.25) is 0 Å². The number of amides is 1. The van der Waals surface area contributed by atoms with Crippen molar-refractivity contribution in [2.75, 3.05) is 12.3 Å². The van der Waals surface area contributed by atoms with Crippen LogP contribution in [-0.4, -0.2) is 34.5 Å². The van der Waals surface area contributed by atoms with Crippen LogP contribution in [-0.2, 0) is 4.79 Å². The van der Waals surface area contributed by atoms with E-state index < -0.39 is 5.97 Å². The average molecular weight is 276 g/mol. The van der Waals surface area contributed by atoms with E-state index in [9.17, 15) is 9.59 Å². The Kier molecular flexibility index (Phi) is 4.27. The Hall–Kier alpha value is -2.04. The average Bonchev–Trinajstić information content (AvgIpc) is 2.92. The van der Waals surface area contributed by atoms with E-state index >= 15 is 0 Å². The lowest BCUT2D eigenvalue weighted by atomic mass is 10.1. The molecule has 3 N–H and O–H groups in total. The van der Waals surface area contributed by atoms with Gasteiger partial charge in [-0.05, 0) is 37.5 Å². The van der Waals surface area contributed by atoms with Crippen molar-refractivity contribution in [1.82, 2.24) is 4.90 Å². The van der Waals surface area contributed by atoms with Crippen LogP contribution < -0.4 is 5.73 Å². The van der Waals surface area contributed by atoms with E-state index in [1.165, 1.54) is 4.90 Å². The molecule has 1 aromatic carbocycles. The Bertz CT molecular complexity index is 522. The second-order valence-electron chi connectivity index (χ2n) is 5.34. The molecule has 0 unspecified atom stereocenters. The zero-order valence-corrected chi connectivity index (χ0v) is 11.6. The van der Waals surface area contributed by atoms with Gasteiger partial charge in [-0.2, -0.15) is 0 Å². The predicted molar refractivity (Wildman–Crippen MR) is 76.5 cm³/mol. The molecule has 1 aromatic rings. The van der Waals surface area contributed by atoms with Gasteiger partial charge in [0.2, 0.25) is 0 Å². The quantitative estimate of drug-likeness (QED) is 0.824. The van der Waals surface area contributed by atoms with Crippen LogP contribution in [0.3, 0.4) is 0 Å². The van der Waals surface area contributed by atoms with Crippen LogP contribution in [0.15, 0.2) is 18.2 Å². The van der Waals surface area contributed by atoms with Crippen molar-refractivity contribution in [3.8, 4) is 0 Å². The van der Waals surface area contributed by atoms with Crippen molar-refractivity contribution in [3.63, 3.8) is 0 Å².